The number of amides is 1. The number of benzene rings is 2. The number of nitrogens with one attached hydrogen (secondary N) is 1. The second-order valence-corrected chi connectivity index (χ2v) is 7.68. The number of halogens is 1. The van der Waals surface area contributed by atoms with E-state index in [2.05, 4.69) is 21.2 Å². The Hall–Kier alpha value is -2.19. The van der Waals surface area contributed by atoms with Gasteiger partial charge in [-0.2, -0.15) is 0 Å². The van der Waals surface area contributed by atoms with Crippen LogP contribution >= 0.6 is 15.9 Å². The van der Waals surface area contributed by atoms with Gasteiger partial charge in [0.15, 0.2) is 9.84 Å². The maximum absolute atomic E-state index is 12.2. The summed E-state index contributed by atoms with van der Waals surface area (Å²) in [6, 6.07) is 9.93. The molecule has 0 heterocycles. The number of hydrogen-bond acceptors (Lipinski definition) is 4. The lowest BCUT2D eigenvalue weighted by Gasteiger charge is -2.09. The largest absolute Gasteiger partial charge is 0.478 e. The van der Waals surface area contributed by atoms with Gasteiger partial charge in [0.25, 0.3) is 5.91 Å². The van der Waals surface area contributed by atoms with E-state index in [-0.39, 0.29) is 21.7 Å². The summed E-state index contributed by atoms with van der Waals surface area (Å²) < 4.78 is 23.6. The van der Waals surface area contributed by atoms with Crippen LogP contribution in [0.5, 0.6) is 0 Å². The van der Waals surface area contributed by atoms with Crippen molar-refractivity contribution in [3.8, 4) is 0 Å². The third kappa shape index (κ3) is 4.17. The Bertz CT molecular complexity index is 892. The maximum atomic E-state index is 12.2. The third-order valence-electron chi connectivity index (χ3n) is 2.98. The van der Waals surface area contributed by atoms with Crippen LogP contribution in [-0.4, -0.2) is 31.7 Å². The molecule has 23 heavy (non-hydrogen) atoms. The van der Waals surface area contributed by atoms with Crippen LogP contribution in [0.3, 0.4) is 0 Å². The Morgan fingerprint density at radius 3 is 2.43 bits per heavy atom. The molecule has 0 atom stereocenters. The highest BCUT2D eigenvalue weighted by Gasteiger charge is 2.16. The molecule has 0 aromatic heterocycles. The lowest BCUT2D eigenvalue weighted by molar-refractivity contribution is 0.0698. The van der Waals surface area contributed by atoms with Gasteiger partial charge in [-0.1, -0.05) is 22.0 Å². The summed E-state index contributed by atoms with van der Waals surface area (Å²) in [5.74, 6) is -1.79. The number of hydrogen-bond donors (Lipinski definition) is 2. The second kappa shape index (κ2) is 6.51. The molecule has 1 amide bonds. The first-order chi connectivity index (χ1) is 10.7. The molecule has 2 N–H and O–H groups in total. The van der Waals surface area contributed by atoms with E-state index in [0.717, 1.165) is 6.26 Å². The fourth-order valence-electron chi connectivity index (χ4n) is 1.86. The Morgan fingerprint density at radius 1 is 1.13 bits per heavy atom. The average Bonchev–Trinajstić information content (AvgIpc) is 2.48. The molecule has 0 aliphatic rings. The van der Waals surface area contributed by atoms with Crippen LogP contribution < -0.4 is 5.32 Å². The fraction of sp³-hybridized carbons (Fsp3) is 0.0667. The molecule has 2 aromatic carbocycles. The van der Waals surface area contributed by atoms with Gasteiger partial charge in [-0.15, -0.1) is 0 Å². The zero-order valence-corrected chi connectivity index (χ0v) is 14.3. The van der Waals surface area contributed by atoms with Crippen LogP contribution in [0, 0.1) is 0 Å². The minimum absolute atomic E-state index is 0.0133. The molecule has 0 radical (unpaired) electrons. The van der Waals surface area contributed by atoms with Crippen molar-refractivity contribution < 1.29 is 23.1 Å². The van der Waals surface area contributed by atoms with Crippen molar-refractivity contribution in [1.29, 1.82) is 0 Å². The van der Waals surface area contributed by atoms with Crippen molar-refractivity contribution in [3.05, 3.63) is 58.1 Å². The highest BCUT2D eigenvalue weighted by atomic mass is 79.9. The zero-order chi connectivity index (χ0) is 17.2. The molecule has 0 spiro atoms. The quantitative estimate of drug-likeness (QED) is 0.825. The van der Waals surface area contributed by atoms with Gasteiger partial charge in [0.2, 0.25) is 0 Å². The van der Waals surface area contributed by atoms with E-state index in [1.165, 1.54) is 36.4 Å². The third-order valence-corrected chi connectivity index (χ3v) is 4.59. The summed E-state index contributed by atoms with van der Waals surface area (Å²) in [6.07, 6.45) is 1.04. The van der Waals surface area contributed by atoms with Crippen LogP contribution in [0.2, 0.25) is 0 Å². The molecule has 2 aromatic rings. The van der Waals surface area contributed by atoms with Crippen molar-refractivity contribution in [2.24, 2.45) is 0 Å². The summed E-state index contributed by atoms with van der Waals surface area (Å²) in [5, 5.41) is 11.7. The number of rotatable bonds is 4. The summed E-state index contributed by atoms with van der Waals surface area (Å²) in [5.41, 5.74) is 0.162. The predicted molar refractivity (Wildman–Crippen MR) is 88.6 cm³/mol. The highest BCUT2D eigenvalue weighted by molar-refractivity contribution is 9.10. The van der Waals surface area contributed by atoms with Gasteiger partial charge in [0.05, 0.1) is 16.1 Å². The number of sulfone groups is 1. The molecule has 0 bridgehead atoms. The van der Waals surface area contributed by atoms with Gasteiger partial charge in [-0.3, -0.25) is 4.79 Å². The van der Waals surface area contributed by atoms with Crippen molar-refractivity contribution in [2.75, 3.05) is 11.6 Å². The lowest BCUT2D eigenvalue weighted by atomic mass is 10.1. The number of carbonyl (C=O) groups is 2. The van der Waals surface area contributed by atoms with Gasteiger partial charge in [0.1, 0.15) is 0 Å². The van der Waals surface area contributed by atoms with Crippen molar-refractivity contribution >= 4 is 43.3 Å². The van der Waals surface area contributed by atoms with Crippen LogP contribution in [0.25, 0.3) is 0 Å². The fourth-order valence-corrected chi connectivity index (χ4v) is 2.89. The molecule has 120 valence electrons. The van der Waals surface area contributed by atoms with Crippen molar-refractivity contribution in [1.82, 2.24) is 0 Å². The Kier molecular flexibility index (Phi) is 4.86. The molecule has 0 fully saturated rings. The molecule has 8 heteroatoms. The van der Waals surface area contributed by atoms with Gasteiger partial charge in [-0.05, 0) is 36.4 Å². The summed E-state index contributed by atoms with van der Waals surface area (Å²) in [6.45, 7) is 0. The number of carbonyl (C=O) groups excluding carboxylic acids is 1. The number of aromatic carboxylic acids is 1. The topological polar surface area (TPSA) is 101 Å². The summed E-state index contributed by atoms with van der Waals surface area (Å²) in [7, 11) is -3.44. The van der Waals surface area contributed by atoms with Gasteiger partial charge in [-0.25, -0.2) is 13.2 Å². The second-order valence-electron chi connectivity index (χ2n) is 4.75. The van der Waals surface area contributed by atoms with Crippen molar-refractivity contribution in [2.45, 2.75) is 4.90 Å². The van der Waals surface area contributed by atoms with E-state index in [1.54, 1.807) is 6.07 Å². The Morgan fingerprint density at radius 2 is 1.83 bits per heavy atom. The van der Waals surface area contributed by atoms with E-state index < -0.39 is 21.7 Å². The van der Waals surface area contributed by atoms with Gasteiger partial charge in [0, 0.05) is 16.3 Å². The van der Waals surface area contributed by atoms with Gasteiger partial charge >= 0.3 is 5.97 Å². The number of carboxylic acids is 1. The first-order valence-electron chi connectivity index (χ1n) is 6.33. The van der Waals surface area contributed by atoms with Crippen molar-refractivity contribution in [3.63, 3.8) is 0 Å². The Labute approximate surface area is 141 Å². The smallest absolute Gasteiger partial charge is 0.337 e. The van der Waals surface area contributed by atoms with E-state index in [1.807, 2.05) is 0 Å². The minimum Gasteiger partial charge on any atom is -0.478 e. The summed E-state index contributed by atoms with van der Waals surface area (Å²) in [4.78, 5) is 23.5. The molecular formula is C15H12BrNO5S. The standard InChI is InChI=1S/C15H12BrNO5S/c1-23(21,22)11-4-2-3-9(7-11)14(18)17-13-6-5-10(16)8-12(13)15(19)20/h2-8H,1H3,(H,17,18)(H,19,20). The average molecular weight is 398 g/mol. The van der Waals surface area contributed by atoms with Gasteiger partial charge < -0.3 is 10.4 Å². The highest BCUT2D eigenvalue weighted by Crippen LogP contribution is 2.22. The molecule has 0 saturated carbocycles. The minimum atomic E-state index is -3.44. The maximum Gasteiger partial charge on any atom is 0.337 e. The first-order valence-corrected chi connectivity index (χ1v) is 9.01. The zero-order valence-electron chi connectivity index (χ0n) is 11.9. The van der Waals surface area contributed by atoms with E-state index in [0.29, 0.717) is 4.47 Å². The van der Waals surface area contributed by atoms with Crippen LogP contribution in [0.15, 0.2) is 51.8 Å². The monoisotopic (exact) mass is 397 g/mol. The lowest BCUT2D eigenvalue weighted by Crippen LogP contribution is -2.15. The molecule has 0 aliphatic carbocycles. The molecule has 0 unspecified atom stereocenters. The van der Waals surface area contributed by atoms with Crippen LogP contribution in [0.1, 0.15) is 20.7 Å². The van der Waals surface area contributed by atoms with Crippen LogP contribution in [-0.2, 0) is 9.84 Å². The Balaban J connectivity index is 2.35. The first kappa shape index (κ1) is 17.2. The molecular weight excluding hydrogens is 386 g/mol. The molecule has 0 aliphatic heterocycles. The normalized spacial score (nSPS) is 11.0. The number of carboxylic acid groups (broad SMARTS) is 1. The summed E-state index contributed by atoms with van der Waals surface area (Å²) >= 11 is 3.16. The van der Waals surface area contributed by atoms with Crippen LogP contribution in [0.4, 0.5) is 5.69 Å². The van der Waals surface area contributed by atoms with E-state index >= 15 is 0 Å². The van der Waals surface area contributed by atoms with E-state index in [9.17, 15) is 23.1 Å². The van der Waals surface area contributed by atoms with E-state index in [4.69, 9.17) is 0 Å². The number of anilines is 1. The molecule has 2 rings (SSSR count). The molecule has 0 saturated heterocycles. The molecule has 6 nitrogen and oxygen atoms in total. The SMILES string of the molecule is CS(=O)(=O)c1cccc(C(=O)Nc2ccc(Br)cc2C(=O)O)c1. The predicted octanol–water partition coefficient (Wildman–Crippen LogP) is 2.80.